The van der Waals surface area contributed by atoms with Gasteiger partial charge in [-0.25, -0.2) is 4.39 Å². The summed E-state index contributed by atoms with van der Waals surface area (Å²) >= 11 is 6.92. The molecule has 8 heteroatoms. The third-order valence-electron chi connectivity index (χ3n) is 4.95. The summed E-state index contributed by atoms with van der Waals surface area (Å²) in [7, 11) is 0. The monoisotopic (exact) mass is 431 g/mol. The zero-order valence-electron chi connectivity index (χ0n) is 15.6. The Balaban J connectivity index is 1.38. The number of anilines is 1. The van der Waals surface area contributed by atoms with E-state index in [4.69, 9.17) is 11.6 Å². The Bertz CT molecular complexity index is 976. The molecule has 2 aliphatic rings. The molecule has 2 heterocycles. The number of carbonyl (C=O) groups is 2. The van der Waals surface area contributed by atoms with E-state index in [1.165, 1.54) is 17.0 Å². The van der Waals surface area contributed by atoms with Crippen LogP contribution in [0.2, 0.25) is 5.02 Å². The number of imide groups is 1. The average molecular weight is 432 g/mol. The molecule has 150 valence electrons. The van der Waals surface area contributed by atoms with Gasteiger partial charge in [-0.1, -0.05) is 35.9 Å². The summed E-state index contributed by atoms with van der Waals surface area (Å²) in [6, 6.07) is 13.9. The van der Waals surface area contributed by atoms with Gasteiger partial charge in [0.15, 0.2) is 0 Å². The lowest BCUT2D eigenvalue weighted by molar-refractivity contribution is -0.124. The van der Waals surface area contributed by atoms with Crippen molar-refractivity contribution >= 4 is 46.3 Å². The highest BCUT2D eigenvalue weighted by Gasteiger charge is 2.36. The van der Waals surface area contributed by atoms with Crippen LogP contribution in [0.5, 0.6) is 0 Å². The predicted octanol–water partition coefficient (Wildman–Crippen LogP) is 4.30. The van der Waals surface area contributed by atoms with Gasteiger partial charge in [-0.3, -0.25) is 19.4 Å². The molecule has 0 N–H and O–H groups in total. The van der Waals surface area contributed by atoms with Gasteiger partial charge >= 0.3 is 0 Å². The highest BCUT2D eigenvalue weighted by Crippen LogP contribution is 2.33. The van der Waals surface area contributed by atoms with E-state index < -0.39 is 5.82 Å². The summed E-state index contributed by atoms with van der Waals surface area (Å²) in [5.74, 6) is -0.794. The van der Waals surface area contributed by atoms with Gasteiger partial charge in [0, 0.05) is 42.5 Å². The van der Waals surface area contributed by atoms with Crippen molar-refractivity contribution in [1.29, 1.82) is 0 Å². The van der Waals surface area contributed by atoms with Crippen molar-refractivity contribution in [3.05, 3.63) is 69.8 Å². The van der Waals surface area contributed by atoms with Crippen LogP contribution in [0.15, 0.2) is 53.4 Å². The number of amides is 2. The minimum atomic E-state index is -0.420. The summed E-state index contributed by atoms with van der Waals surface area (Å²) in [6.07, 6.45) is 1.44. The van der Waals surface area contributed by atoms with Crippen LogP contribution in [0.3, 0.4) is 0 Å². The van der Waals surface area contributed by atoms with Gasteiger partial charge < -0.3 is 4.90 Å². The molecule has 2 aliphatic heterocycles. The predicted molar refractivity (Wildman–Crippen MR) is 114 cm³/mol. The lowest BCUT2D eigenvalue weighted by Gasteiger charge is -2.37. The fourth-order valence-corrected chi connectivity index (χ4v) is 4.38. The quantitative estimate of drug-likeness (QED) is 0.675. The molecule has 2 aromatic carbocycles. The molecule has 2 amide bonds. The van der Waals surface area contributed by atoms with Crippen LogP contribution in [0.4, 0.5) is 14.9 Å². The van der Waals surface area contributed by atoms with E-state index in [0.717, 1.165) is 43.6 Å². The zero-order valence-corrected chi connectivity index (χ0v) is 17.1. The molecule has 0 spiro atoms. The lowest BCUT2D eigenvalue weighted by Crippen LogP contribution is -2.50. The third kappa shape index (κ3) is 4.47. The van der Waals surface area contributed by atoms with Crippen molar-refractivity contribution in [2.45, 2.75) is 0 Å². The van der Waals surface area contributed by atoms with Crippen LogP contribution < -0.4 is 4.90 Å². The van der Waals surface area contributed by atoms with E-state index in [-0.39, 0.29) is 22.7 Å². The Kier molecular flexibility index (Phi) is 5.89. The molecule has 0 radical (unpaired) electrons. The highest BCUT2D eigenvalue weighted by atomic mass is 35.5. The maximum atomic E-state index is 13.9. The van der Waals surface area contributed by atoms with Gasteiger partial charge in [-0.2, -0.15) is 0 Å². The molecule has 4 rings (SSSR count). The van der Waals surface area contributed by atoms with Gasteiger partial charge in [0.1, 0.15) is 5.82 Å². The van der Waals surface area contributed by atoms with Gasteiger partial charge in [-0.15, -0.1) is 0 Å². The average Bonchev–Trinajstić information content (AvgIpc) is 2.98. The van der Waals surface area contributed by atoms with Crippen molar-refractivity contribution in [2.24, 2.45) is 0 Å². The lowest BCUT2D eigenvalue weighted by atomic mass is 10.2. The van der Waals surface area contributed by atoms with E-state index in [1.807, 2.05) is 24.3 Å². The highest BCUT2D eigenvalue weighted by molar-refractivity contribution is 8.18. The number of carbonyl (C=O) groups excluding carboxylic acids is 2. The van der Waals surface area contributed by atoms with Crippen LogP contribution in [0, 0.1) is 5.82 Å². The van der Waals surface area contributed by atoms with E-state index in [1.54, 1.807) is 18.2 Å². The molecule has 0 aromatic heterocycles. The number of hydrogen-bond donors (Lipinski definition) is 0. The molecular weight excluding hydrogens is 413 g/mol. The van der Waals surface area contributed by atoms with E-state index in [0.29, 0.717) is 10.6 Å². The van der Waals surface area contributed by atoms with Gasteiger partial charge in [-0.05, 0) is 42.1 Å². The molecule has 0 atom stereocenters. The minimum Gasteiger partial charge on any atom is -0.369 e. The first kappa shape index (κ1) is 19.9. The van der Waals surface area contributed by atoms with Crippen molar-refractivity contribution in [2.75, 3.05) is 37.7 Å². The normalized spacial score (nSPS) is 19.4. The van der Waals surface area contributed by atoms with Crippen molar-refractivity contribution in [1.82, 2.24) is 9.80 Å². The molecule has 5 nitrogen and oxygen atoms in total. The summed E-state index contributed by atoms with van der Waals surface area (Å²) in [5, 5.41) is 0.374. The second-order valence-electron chi connectivity index (χ2n) is 6.86. The Morgan fingerprint density at radius 3 is 2.52 bits per heavy atom. The first-order valence-corrected chi connectivity index (χ1v) is 10.4. The van der Waals surface area contributed by atoms with Crippen molar-refractivity contribution in [3.8, 4) is 0 Å². The first-order chi connectivity index (χ1) is 14.0. The number of halogens is 2. The first-order valence-electron chi connectivity index (χ1n) is 9.24. The molecule has 2 aromatic rings. The third-order valence-corrected chi connectivity index (χ3v) is 6.09. The van der Waals surface area contributed by atoms with Gasteiger partial charge in [0.2, 0.25) is 0 Å². The fourth-order valence-electron chi connectivity index (χ4n) is 3.38. The van der Waals surface area contributed by atoms with Crippen LogP contribution >= 0.6 is 23.4 Å². The summed E-state index contributed by atoms with van der Waals surface area (Å²) in [5.41, 5.74) is 1.37. The standard InChI is InChI=1S/C21H19ClFN3O2S/c22-16-5-3-6-17(13-16)25-10-8-24(9-11-25)14-26-20(27)19(29-21(26)28)12-15-4-1-2-7-18(15)23/h1-7,12-13H,8-11,14H2/b19-12+. The Morgan fingerprint density at radius 2 is 1.79 bits per heavy atom. The smallest absolute Gasteiger partial charge is 0.294 e. The van der Waals surface area contributed by atoms with Crippen LogP contribution in [0.1, 0.15) is 5.56 Å². The molecule has 0 aliphatic carbocycles. The van der Waals surface area contributed by atoms with E-state index in [2.05, 4.69) is 9.80 Å². The van der Waals surface area contributed by atoms with Gasteiger partial charge in [0.05, 0.1) is 11.6 Å². The second kappa shape index (κ2) is 8.57. The van der Waals surface area contributed by atoms with Crippen LogP contribution in [-0.2, 0) is 4.79 Å². The van der Waals surface area contributed by atoms with E-state index >= 15 is 0 Å². The number of hydrogen-bond acceptors (Lipinski definition) is 5. The largest absolute Gasteiger partial charge is 0.369 e. The number of benzene rings is 2. The van der Waals surface area contributed by atoms with Crippen LogP contribution in [0.25, 0.3) is 6.08 Å². The van der Waals surface area contributed by atoms with Crippen LogP contribution in [-0.4, -0.2) is 53.8 Å². The maximum Gasteiger partial charge on any atom is 0.294 e. The Hall–Kier alpha value is -2.35. The molecule has 0 bridgehead atoms. The fraction of sp³-hybridized carbons (Fsp3) is 0.238. The number of thioether (sulfide) groups is 1. The number of nitrogens with zero attached hydrogens (tertiary/aromatic N) is 3. The summed E-state index contributed by atoms with van der Waals surface area (Å²) in [4.78, 5) is 30.8. The zero-order chi connectivity index (χ0) is 20.4. The molecule has 29 heavy (non-hydrogen) atoms. The minimum absolute atomic E-state index is 0.239. The number of piperazine rings is 1. The maximum absolute atomic E-state index is 13.9. The van der Waals surface area contributed by atoms with Crippen molar-refractivity contribution < 1.29 is 14.0 Å². The summed E-state index contributed by atoms with van der Waals surface area (Å²) in [6.45, 7) is 3.24. The second-order valence-corrected chi connectivity index (χ2v) is 8.29. The molecular formula is C21H19ClFN3O2S. The molecule has 2 fully saturated rings. The van der Waals surface area contributed by atoms with Crippen molar-refractivity contribution in [3.63, 3.8) is 0 Å². The topological polar surface area (TPSA) is 43.9 Å². The SMILES string of the molecule is O=C1S/C(=C/c2ccccc2F)C(=O)N1CN1CCN(c2cccc(Cl)c2)CC1. The Labute approximate surface area is 177 Å². The molecule has 0 saturated carbocycles. The number of rotatable bonds is 4. The molecule has 0 unspecified atom stereocenters. The Morgan fingerprint density at radius 1 is 1.03 bits per heavy atom. The van der Waals surface area contributed by atoms with Gasteiger partial charge in [0.25, 0.3) is 11.1 Å². The molecule has 2 saturated heterocycles. The summed E-state index contributed by atoms with van der Waals surface area (Å²) < 4.78 is 13.9. The van der Waals surface area contributed by atoms with E-state index in [9.17, 15) is 14.0 Å².